The van der Waals surface area contributed by atoms with Crippen molar-refractivity contribution >= 4 is 30.7 Å². The topological polar surface area (TPSA) is 44.4 Å². The minimum Gasteiger partial charge on any atom is -0.352 e. The average molecular weight is 352 g/mol. The van der Waals surface area contributed by atoms with E-state index in [9.17, 15) is 4.79 Å². The van der Waals surface area contributed by atoms with Crippen LogP contribution in [0.25, 0.3) is 0 Å². The van der Waals surface area contributed by atoms with E-state index >= 15 is 0 Å². The Morgan fingerprint density at radius 2 is 1.86 bits per heavy atom. The molecule has 3 aliphatic rings. The molecule has 3 saturated heterocycles. The molecule has 2 bridgehead atoms. The summed E-state index contributed by atoms with van der Waals surface area (Å²) in [6.45, 7) is 5.54. The molecular formula is C16H31Cl2N3O. The molecule has 1 amide bonds. The summed E-state index contributed by atoms with van der Waals surface area (Å²) < 4.78 is 0. The minimum atomic E-state index is 0. The molecule has 3 aliphatic heterocycles. The number of hydrogen-bond donors (Lipinski definition) is 2. The van der Waals surface area contributed by atoms with Gasteiger partial charge in [0, 0.05) is 31.1 Å². The molecule has 2 N–H and O–H groups in total. The molecule has 6 heteroatoms. The van der Waals surface area contributed by atoms with Gasteiger partial charge in [0.2, 0.25) is 5.91 Å². The summed E-state index contributed by atoms with van der Waals surface area (Å²) in [4.78, 5) is 14.7. The van der Waals surface area contributed by atoms with E-state index in [1.165, 1.54) is 38.6 Å². The van der Waals surface area contributed by atoms with Crippen molar-refractivity contribution in [3.63, 3.8) is 0 Å². The lowest BCUT2D eigenvalue weighted by Gasteiger charge is -2.33. The minimum absolute atomic E-state index is 0. The molecule has 0 saturated carbocycles. The summed E-state index contributed by atoms with van der Waals surface area (Å²) in [5.41, 5.74) is 0. The number of hydrogen-bond acceptors (Lipinski definition) is 3. The first-order valence-electron chi connectivity index (χ1n) is 8.50. The SMILES string of the molecule is CCN1CCCC(NC(=O)CC2CC3CCC(C2)N3)C1.Cl.Cl. The maximum Gasteiger partial charge on any atom is 0.220 e. The number of nitrogens with one attached hydrogen (secondary N) is 2. The average Bonchev–Trinajstić information content (AvgIpc) is 2.78. The van der Waals surface area contributed by atoms with Gasteiger partial charge in [-0.1, -0.05) is 6.92 Å². The van der Waals surface area contributed by atoms with Gasteiger partial charge in [0.15, 0.2) is 0 Å². The van der Waals surface area contributed by atoms with E-state index in [1.54, 1.807) is 0 Å². The predicted octanol–water partition coefficient (Wildman–Crippen LogP) is 2.35. The Labute approximate surface area is 147 Å². The van der Waals surface area contributed by atoms with Crippen LogP contribution >= 0.6 is 24.8 Å². The van der Waals surface area contributed by atoms with Crippen molar-refractivity contribution in [2.75, 3.05) is 19.6 Å². The largest absolute Gasteiger partial charge is 0.352 e. The smallest absolute Gasteiger partial charge is 0.220 e. The zero-order chi connectivity index (χ0) is 13.9. The standard InChI is InChI=1S/C16H29N3O.2ClH/c1-2-19-7-3-4-15(11-19)18-16(20)10-12-8-13-5-6-14(9-12)17-13;;/h12-15,17H,2-11H2,1H3,(H,18,20);2*1H. The van der Waals surface area contributed by atoms with Crippen LogP contribution in [0.15, 0.2) is 0 Å². The lowest BCUT2D eigenvalue weighted by atomic mass is 9.89. The molecule has 3 rings (SSSR count). The van der Waals surface area contributed by atoms with Crippen LogP contribution in [-0.4, -0.2) is 48.6 Å². The number of rotatable bonds is 4. The van der Waals surface area contributed by atoms with Crippen LogP contribution in [0.2, 0.25) is 0 Å². The van der Waals surface area contributed by atoms with E-state index in [0.29, 0.717) is 30.0 Å². The van der Waals surface area contributed by atoms with Crippen molar-refractivity contribution < 1.29 is 4.79 Å². The second kappa shape index (κ2) is 9.31. The summed E-state index contributed by atoms with van der Waals surface area (Å²) in [5, 5.41) is 6.93. The highest BCUT2D eigenvalue weighted by Gasteiger charge is 2.34. The van der Waals surface area contributed by atoms with Gasteiger partial charge in [-0.05, 0) is 57.5 Å². The maximum absolute atomic E-state index is 12.3. The second-order valence-electron chi connectivity index (χ2n) is 6.98. The molecule has 3 unspecified atom stereocenters. The molecule has 0 aromatic carbocycles. The fraction of sp³-hybridized carbons (Fsp3) is 0.938. The van der Waals surface area contributed by atoms with Crippen LogP contribution in [-0.2, 0) is 4.79 Å². The summed E-state index contributed by atoms with van der Waals surface area (Å²) in [5.74, 6) is 0.902. The molecule has 0 radical (unpaired) electrons. The Kier molecular flexibility index (Phi) is 8.47. The van der Waals surface area contributed by atoms with Gasteiger partial charge >= 0.3 is 0 Å². The van der Waals surface area contributed by atoms with Crippen molar-refractivity contribution in [2.45, 2.75) is 70.0 Å². The van der Waals surface area contributed by atoms with E-state index in [0.717, 1.165) is 25.9 Å². The summed E-state index contributed by atoms with van der Waals surface area (Å²) in [6, 6.07) is 1.77. The molecule has 0 aromatic rings. The quantitative estimate of drug-likeness (QED) is 0.816. The Morgan fingerprint density at radius 1 is 1.18 bits per heavy atom. The third kappa shape index (κ3) is 5.26. The van der Waals surface area contributed by atoms with Gasteiger partial charge in [0.1, 0.15) is 0 Å². The molecule has 3 fully saturated rings. The van der Waals surface area contributed by atoms with Crippen LogP contribution < -0.4 is 10.6 Å². The van der Waals surface area contributed by atoms with Crippen molar-refractivity contribution in [2.24, 2.45) is 5.92 Å². The lowest BCUT2D eigenvalue weighted by molar-refractivity contribution is -0.123. The Balaban J connectivity index is 0.00000121. The molecule has 0 spiro atoms. The van der Waals surface area contributed by atoms with Gasteiger partial charge in [0.25, 0.3) is 0 Å². The van der Waals surface area contributed by atoms with Gasteiger partial charge in [-0.3, -0.25) is 4.79 Å². The Hall–Kier alpha value is -0.0300. The second-order valence-corrected chi connectivity index (χ2v) is 6.98. The molecular weight excluding hydrogens is 321 g/mol. The first-order chi connectivity index (χ1) is 9.72. The molecule has 4 nitrogen and oxygen atoms in total. The highest BCUT2D eigenvalue weighted by Crippen LogP contribution is 2.32. The molecule has 0 aromatic heterocycles. The number of amides is 1. The highest BCUT2D eigenvalue weighted by atomic mass is 35.5. The van der Waals surface area contributed by atoms with Crippen molar-refractivity contribution in [1.82, 2.24) is 15.5 Å². The first-order valence-corrected chi connectivity index (χ1v) is 8.50. The zero-order valence-electron chi connectivity index (χ0n) is 13.6. The van der Waals surface area contributed by atoms with Crippen LogP contribution in [0.1, 0.15) is 51.9 Å². The van der Waals surface area contributed by atoms with Crippen LogP contribution in [0.3, 0.4) is 0 Å². The number of likely N-dealkylation sites (N-methyl/N-ethyl adjacent to an activating group) is 1. The van der Waals surface area contributed by atoms with E-state index in [1.807, 2.05) is 0 Å². The summed E-state index contributed by atoms with van der Waals surface area (Å²) in [7, 11) is 0. The molecule has 130 valence electrons. The first kappa shape index (κ1) is 20.0. The fourth-order valence-corrected chi connectivity index (χ4v) is 4.35. The van der Waals surface area contributed by atoms with Gasteiger partial charge in [-0.25, -0.2) is 0 Å². The van der Waals surface area contributed by atoms with Gasteiger partial charge in [0.05, 0.1) is 0 Å². The number of fused-ring (bicyclic) bond motifs is 2. The summed E-state index contributed by atoms with van der Waals surface area (Å²) in [6.07, 6.45) is 8.16. The van der Waals surface area contributed by atoms with Gasteiger partial charge in [-0.15, -0.1) is 24.8 Å². The van der Waals surface area contributed by atoms with E-state index < -0.39 is 0 Å². The number of halogens is 2. The fourth-order valence-electron chi connectivity index (χ4n) is 4.35. The van der Waals surface area contributed by atoms with E-state index in [4.69, 9.17) is 0 Å². The third-order valence-electron chi connectivity index (χ3n) is 5.36. The third-order valence-corrected chi connectivity index (χ3v) is 5.36. The maximum atomic E-state index is 12.3. The number of piperidine rings is 2. The Bertz CT molecular complexity index is 344. The van der Waals surface area contributed by atoms with Crippen molar-refractivity contribution in [3.05, 3.63) is 0 Å². The molecule has 0 aliphatic carbocycles. The Morgan fingerprint density at radius 3 is 2.50 bits per heavy atom. The highest BCUT2D eigenvalue weighted by molar-refractivity contribution is 5.85. The number of carbonyl (C=O) groups is 1. The normalized spacial score (nSPS) is 34.4. The van der Waals surface area contributed by atoms with E-state index in [2.05, 4.69) is 22.5 Å². The number of carbonyl (C=O) groups excluding carboxylic acids is 1. The number of likely N-dealkylation sites (tertiary alicyclic amines) is 1. The zero-order valence-corrected chi connectivity index (χ0v) is 15.2. The van der Waals surface area contributed by atoms with E-state index in [-0.39, 0.29) is 24.8 Å². The van der Waals surface area contributed by atoms with Crippen LogP contribution in [0.5, 0.6) is 0 Å². The van der Waals surface area contributed by atoms with Crippen LogP contribution in [0.4, 0.5) is 0 Å². The predicted molar refractivity (Wildman–Crippen MR) is 95.1 cm³/mol. The van der Waals surface area contributed by atoms with Crippen molar-refractivity contribution in [1.29, 1.82) is 0 Å². The molecule has 3 atom stereocenters. The number of nitrogens with zero attached hydrogens (tertiary/aromatic N) is 1. The van der Waals surface area contributed by atoms with Crippen LogP contribution in [0, 0.1) is 5.92 Å². The van der Waals surface area contributed by atoms with Gasteiger partial charge in [-0.2, -0.15) is 0 Å². The monoisotopic (exact) mass is 351 g/mol. The van der Waals surface area contributed by atoms with Crippen molar-refractivity contribution in [3.8, 4) is 0 Å². The summed E-state index contributed by atoms with van der Waals surface area (Å²) >= 11 is 0. The molecule has 22 heavy (non-hydrogen) atoms. The molecule has 3 heterocycles. The van der Waals surface area contributed by atoms with Gasteiger partial charge < -0.3 is 15.5 Å². The lowest BCUT2D eigenvalue weighted by Crippen LogP contribution is -2.48.